The summed E-state index contributed by atoms with van der Waals surface area (Å²) in [5, 5.41) is 16.5. The molecule has 9 nitrogen and oxygen atoms in total. The quantitative estimate of drug-likeness (QED) is 0.242. The zero-order valence-electron chi connectivity index (χ0n) is 13.1. The Kier molecular flexibility index (Phi) is 8.54. The largest absolute Gasteiger partial charge is 0.546 e. The number of ether oxygens (including phenoxy) is 2. The first kappa shape index (κ1) is 19.1. The molecule has 0 aliphatic heterocycles. The van der Waals surface area contributed by atoms with E-state index in [2.05, 4.69) is 15.8 Å². The number of hydrogen-bond donors (Lipinski definition) is 2. The molecule has 0 aliphatic rings. The third kappa shape index (κ3) is 7.36. The lowest BCUT2D eigenvalue weighted by Crippen LogP contribution is -2.38. The molecule has 0 unspecified atom stereocenters. The van der Waals surface area contributed by atoms with Crippen molar-refractivity contribution in [2.45, 2.75) is 6.42 Å². The fraction of sp³-hybridized carbons (Fsp3) is 0.333. The maximum Gasteiger partial charge on any atom is 0.329 e. The Morgan fingerprint density at radius 3 is 2.71 bits per heavy atom. The maximum absolute atomic E-state index is 11.5. The van der Waals surface area contributed by atoms with Gasteiger partial charge in [0.2, 0.25) is 0 Å². The number of carbonyl (C=O) groups is 3. The standard InChI is InChI=1S/C15H19N3O6/c1-23-8-4-7-16-14(21)15(22)18-17-9-11-5-2-3-6-12(11)24-10-13(19)20/h2-3,5-6,9H,4,7-8,10H2,1H3,(H,16,21)(H,18,22)(H,19,20)/p-1/b17-9-. The summed E-state index contributed by atoms with van der Waals surface area (Å²) in [7, 11) is 1.54. The molecule has 1 aromatic carbocycles. The molecule has 1 rings (SSSR count). The summed E-state index contributed by atoms with van der Waals surface area (Å²) in [6.07, 6.45) is 1.82. The van der Waals surface area contributed by atoms with Gasteiger partial charge in [-0.2, -0.15) is 5.10 Å². The summed E-state index contributed by atoms with van der Waals surface area (Å²) in [4.78, 5) is 33.4. The van der Waals surface area contributed by atoms with E-state index in [4.69, 9.17) is 9.47 Å². The molecule has 1 aromatic rings. The molecule has 0 heterocycles. The summed E-state index contributed by atoms with van der Waals surface area (Å²) in [5.41, 5.74) is 2.50. The fourth-order valence-corrected chi connectivity index (χ4v) is 1.57. The molecule has 24 heavy (non-hydrogen) atoms. The van der Waals surface area contributed by atoms with Crippen molar-refractivity contribution in [3.8, 4) is 5.75 Å². The van der Waals surface area contributed by atoms with Gasteiger partial charge in [0, 0.05) is 25.8 Å². The average molecular weight is 336 g/mol. The molecule has 2 N–H and O–H groups in total. The van der Waals surface area contributed by atoms with Crippen LogP contribution in [0.5, 0.6) is 5.75 Å². The molecule has 0 spiro atoms. The van der Waals surface area contributed by atoms with Gasteiger partial charge in [0.05, 0.1) is 12.2 Å². The van der Waals surface area contributed by atoms with E-state index in [9.17, 15) is 19.5 Å². The average Bonchev–Trinajstić information content (AvgIpc) is 2.57. The lowest BCUT2D eigenvalue weighted by Gasteiger charge is -2.09. The fourth-order valence-electron chi connectivity index (χ4n) is 1.57. The molecular formula is C15H18N3O6-. The highest BCUT2D eigenvalue weighted by Crippen LogP contribution is 2.15. The number of amides is 2. The Morgan fingerprint density at radius 2 is 2.00 bits per heavy atom. The van der Waals surface area contributed by atoms with Crippen LogP contribution in [0, 0.1) is 0 Å². The van der Waals surface area contributed by atoms with Crippen LogP contribution < -0.4 is 20.6 Å². The van der Waals surface area contributed by atoms with Gasteiger partial charge in [-0.05, 0) is 18.6 Å². The van der Waals surface area contributed by atoms with Gasteiger partial charge in [-0.15, -0.1) is 0 Å². The Labute approximate surface area is 138 Å². The van der Waals surface area contributed by atoms with Crippen molar-refractivity contribution in [1.82, 2.24) is 10.7 Å². The molecule has 0 aliphatic carbocycles. The van der Waals surface area contributed by atoms with Crippen molar-refractivity contribution in [2.24, 2.45) is 5.10 Å². The summed E-state index contributed by atoms with van der Waals surface area (Å²) < 4.78 is 9.84. The number of hydrogen-bond acceptors (Lipinski definition) is 7. The van der Waals surface area contributed by atoms with Crippen molar-refractivity contribution in [1.29, 1.82) is 0 Å². The van der Waals surface area contributed by atoms with Gasteiger partial charge in [-0.3, -0.25) is 9.59 Å². The number of methoxy groups -OCH3 is 1. The molecule has 130 valence electrons. The Balaban J connectivity index is 2.50. The summed E-state index contributed by atoms with van der Waals surface area (Å²) >= 11 is 0. The van der Waals surface area contributed by atoms with Crippen LogP contribution in [0.15, 0.2) is 29.4 Å². The summed E-state index contributed by atoms with van der Waals surface area (Å²) in [5.74, 6) is -2.84. The van der Waals surface area contributed by atoms with Crippen LogP contribution in [-0.4, -0.2) is 50.9 Å². The number of carboxylic acids is 1. The maximum atomic E-state index is 11.5. The molecule has 0 fully saturated rings. The topological polar surface area (TPSA) is 129 Å². The van der Waals surface area contributed by atoms with E-state index in [1.807, 2.05) is 0 Å². The second-order valence-electron chi connectivity index (χ2n) is 4.50. The van der Waals surface area contributed by atoms with Gasteiger partial charge in [-0.1, -0.05) is 12.1 Å². The van der Waals surface area contributed by atoms with Crippen LogP contribution in [0.3, 0.4) is 0 Å². The van der Waals surface area contributed by atoms with Crippen molar-refractivity contribution >= 4 is 24.0 Å². The molecule has 9 heteroatoms. The second kappa shape index (κ2) is 10.7. The van der Waals surface area contributed by atoms with E-state index in [1.54, 1.807) is 18.2 Å². The van der Waals surface area contributed by atoms with E-state index in [1.165, 1.54) is 19.4 Å². The van der Waals surface area contributed by atoms with Gasteiger partial charge < -0.3 is 24.7 Å². The predicted molar refractivity (Wildman–Crippen MR) is 82.2 cm³/mol. The van der Waals surface area contributed by atoms with E-state index in [0.29, 0.717) is 25.1 Å². The Bertz CT molecular complexity index is 603. The van der Waals surface area contributed by atoms with Gasteiger partial charge in [-0.25, -0.2) is 5.43 Å². The summed E-state index contributed by atoms with van der Waals surface area (Å²) in [6.45, 7) is 0.174. The van der Waals surface area contributed by atoms with Crippen LogP contribution in [0.4, 0.5) is 0 Å². The van der Waals surface area contributed by atoms with E-state index in [-0.39, 0.29) is 5.75 Å². The van der Waals surface area contributed by atoms with Crippen LogP contribution in [0.2, 0.25) is 0 Å². The van der Waals surface area contributed by atoms with Gasteiger partial charge in [0.25, 0.3) is 0 Å². The molecule has 0 bridgehead atoms. The second-order valence-corrected chi connectivity index (χ2v) is 4.50. The molecule has 0 saturated carbocycles. The van der Waals surface area contributed by atoms with Crippen LogP contribution in [-0.2, 0) is 19.1 Å². The SMILES string of the molecule is COCCCNC(=O)C(=O)N/N=C\c1ccccc1OCC(=O)[O-]. The lowest BCUT2D eigenvalue weighted by atomic mass is 10.2. The number of carbonyl (C=O) groups excluding carboxylic acids is 3. The minimum absolute atomic E-state index is 0.253. The molecule has 0 radical (unpaired) electrons. The molecule has 0 atom stereocenters. The van der Waals surface area contributed by atoms with Crippen LogP contribution in [0.25, 0.3) is 0 Å². The minimum atomic E-state index is -1.36. The van der Waals surface area contributed by atoms with E-state index >= 15 is 0 Å². The first-order valence-electron chi connectivity index (χ1n) is 7.06. The number of rotatable bonds is 9. The highest BCUT2D eigenvalue weighted by molar-refractivity contribution is 6.35. The van der Waals surface area contributed by atoms with E-state index < -0.39 is 24.4 Å². The number of aliphatic carboxylic acids is 1. The number of nitrogens with zero attached hydrogens (tertiary/aromatic N) is 1. The molecule has 2 amide bonds. The number of para-hydroxylation sites is 1. The molecule has 0 aromatic heterocycles. The minimum Gasteiger partial charge on any atom is -0.546 e. The van der Waals surface area contributed by atoms with Gasteiger partial charge in [0.1, 0.15) is 12.4 Å². The predicted octanol–water partition coefficient (Wildman–Crippen LogP) is -1.58. The third-order valence-corrected chi connectivity index (χ3v) is 2.65. The first-order chi connectivity index (χ1) is 11.5. The smallest absolute Gasteiger partial charge is 0.329 e. The highest BCUT2D eigenvalue weighted by atomic mass is 16.5. The monoisotopic (exact) mass is 336 g/mol. The molecule has 0 saturated heterocycles. The Morgan fingerprint density at radius 1 is 1.25 bits per heavy atom. The van der Waals surface area contributed by atoms with Crippen molar-refractivity contribution in [3.63, 3.8) is 0 Å². The van der Waals surface area contributed by atoms with Crippen molar-refractivity contribution < 1.29 is 29.0 Å². The number of nitrogens with one attached hydrogen (secondary N) is 2. The zero-order valence-corrected chi connectivity index (χ0v) is 13.1. The number of benzene rings is 1. The Hall–Kier alpha value is -2.94. The van der Waals surface area contributed by atoms with Gasteiger partial charge in [0.15, 0.2) is 0 Å². The van der Waals surface area contributed by atoms with Crippen LogP contribution in [0.1, 0.15) is 12.0 Å². The lowest BCUT2D eigenvalue weighted by molar-refractivity contribution is -0.307. The zero-order chi connectivity index (χ0) is 17.8. The van der Waals surface area contributed by atoms with E-state index in [0.717, 1.165) is 0 Å². The number of hydrazone groups is 1. The van der Waals surface area contributed by atoms with Gasteiger partial charge >= 0.3 is 11.8 Å². The van der Waals surface area contributed by atoms with Crippen LogP contribution >= 0.6 is 0 Å². The van der Waals surface area contributed by atoms with Crippen molar-refractivity contribution in [3.05, 3.63) is 29.8 Å². The normalized spacial score (nSPS) is 10.4. The third-order valence-electron chi connectivity index (χ3n) is 2.65. The molecular weight excluding hydrogens is 318 g/mol. The summed E-state index contributed by atoms with van der Waals surface area (Å²) in [6, 6.07) is 6.46. The highest BCUT2D eigenvalue weighted by Gasteiger charge is 2.11. The first-order valence-corrected chi connectivity index (χ1v) is 7.06. The van der Waals surface area contributed by atoms with Crippen molar-refractivity contribution in [2.75, 3.05) is 26.9 Å². The number of carboxylic acid groups (broad SMARTS) is 1.